The van der Waals surface area contributed by atoms with Crippen molar-refractivity contribution in [3.63, 3.8) is 0 Å². The van der Waals surface area contributed by atoms with Gasteiger partial charge in [0.15, 0.2) is 0 Å². The van der Waals surface area contributed by atoms with Gasteiger partial charge in [-0.2, -0.15) is 0 Å². The molecule has 0 aliphatic heterocycles. The van der Waals surface area contributed by atoms with E-state index in [-0.39, 0.29) is 23.2 Å². The average Bonchev–Trinajstić information content (AvgIpc) is 2.70. The van der Waals surface area contributed by atoms with Crippen molar-refractivity contribution in [1.82, 2.24) is 9.97 Å². The van der Waals surface area contributed by atoms with E-state index in [1.165, 1.54) is 24.5 Å². The van der Waals surface area contributed by atoms with Crippen LogP contribution in [0.4, 0.5) is 15.9 Å². The maximum atomic E-state index is 13.0. The minimum absolute atomic E-state index is 0.0332. The van der Waals surface area contributed by atoms with Crippen LogP contribution in [0.5, 0.6) is 5.88 Å². The lowest BCUT2D eigenvalue weighted by atomic mass is 10.3. The number of sulfonamides is 1. The van der Waals surface area contributed by atoms with Crippen LogP contribution < -0.4 is 14.4 Å². The van der Waals surface area contributed by atoms with Gasteiger partial charge in [-0.05, 0) is 36.4 Å². The number of nitrogens with one attached hydrogen (secondary N) is 1. The minimum Gasteiger partial charge on any atom is -0.473 e. The van der Waals surface area contributed by atoms with Crippen molar-refractivity contribution in [2.24, 2.45) is 0 Å². The van der Waals surface area contributed by atoms with Gasteiger partial charge < -0.3 is 9.64 Å². The van der Waals surface area contributed by atoms with Crippen molar-refractivity contribution in [2.75, 3.05) is 29.8 Å². The minimum atomic E-state index is -3.95. The zero-order chi connectivity index (χ0) is 20.0. The summed E-state index contributed by atoms with van der Waals surface area (Å²) in [6.45, 7) is 0.833. The fraction of sp³-hybridized carbons (Fsp3) is 0.158. The van der Waals surface area contributed by atoms with Crippen molar-refractivity contribution in [3.8, 4) is 5.88 Å². The standard InChI is InChI=1S/C19H19FN4O3S/c1-24(16-5-3-2-4-6-16)13-14-27-19-18(21-11-12-22-19)23-28(25,26)17-9-7-15(20)8-10-17/h2-12H,13-14H2,1H3,(H,21,23). The van der Waals surface area contributed by atoms with Gasteiger partial charge in [0.05, 0.1) is 11.4 Å². The molecule has 146 valence electrons. The van der Waals surface area contributed by atoms with Gasteiger partial charge in [0, 0.05) is 25.1 Å². The summed E-state index contributed by atoms with van der Waals surface area (Å²) in [6.07, 6.45) is 2.76. The van der Waals surface area contributed by atoms with Crippen LogP contribution >= 0.6 is 0 Å². The van der Waals surface area contributed by atoms with Crippen LogP contribution in [-0.2, 0) is 10.0 Å². The highest BCUT2D eigenvalue weighted by atomic mass is 32.2. The Hall–Kier alpha value is -3.20. The van der Waals surface area contributed by atoms with Gasteiger partial charge in [-0.15, -0.1) is 0 Å². The fourth-order valence-electron chi connectivity index (χ4n) is 2.39. The van der Waals surface area contributed by atoms with Crippen molar-refractivity contribution in [3.05, 3.63) is 72.8 Å². The summed E-state index contributed by atoms with van der Waals surface area (Å²) in [5.41, 5.74) is 1.03. The van der Waals surface area contributed by atoms with Gasteiger partial charge in [0.1, 0.15) is 12.4 Å². The van der Waals surface area contributed by atoms with E-state index in [2.05, 4.69) is 14.7 Å². The highest BCUT2D eigenvalue weighted by Crippen LogP contribution is 2.22. The molecule has 28 heavy (non-hydrogen) atoms. The smallest absolute Gasteiger partial charge is 0.263 e. The molecule has 1 aromatic heterocycles. The van der Waals surface area contributed by atoms with E-state index in [1.807, 2.05) is 42.3 Å². The number of benzene rings is 2. The Bertz CT molecular complexity index is 1010. The molecule has 0 aliphatic rings. The number of nitrogens with zero attached hydrogens (tertiary/aromatic N) is 3. The molecule has 0 saturated heterocycles. The van der Waals surface area contributed by atoms with E-state index >= 15 is 0 Å². The number of anilines is 2. The number of likely N-dealkylation sites (N-methyl/N-ethyl adjacent to an activating group) is 1. The number of halogens is 1. The average molecular weight is 402 g/mol. The first-order valence-electron chi connectivity index (χ1n) is 8.44. The third-order valence-electron chi connectivity index (χ3n) is 3.88. The van der Waals surface area contributed by atoms with Crippen LogP contribution in [0.25, 0.3) is 0 Å². The quantitative estimate of drug-likeness (QED) is 0.624. The molecule has 0 amide bonds. The second kappa shape index (κ2) is 8.66. The largest absolute Gasteiger partial charge is 0.473 e. The molecule has 0 radical (unpaired) electrons. The Morgan fingerprint density at radius 2 is 1.71 bits per heavy atom. The number of hydrogen-bond acceptors (Lipinski definition) is 6. The zero-order valence-electron chi connectivity index (χ0n) is 15.1. The summed E-state index contributed by atoms with van der Waals surface area (Å²) in [5.74, 6) is -0.492. The maximum absolute atomic E-state index is 13.0. The maximum Gasteiger partial charge on any atom is 0.263 e. The van der Waals surface area contributed by atoms with E-state index in [9.17, 15) is 12.8 Å². The first-order valence-corrected chi connectivity index (χ1v) is 9.92. The summed E-state index contributed by atoms with van der Waals surface area (Å²) in [4.78, 5) is 9.96. The summed E-state index contributed by atoms with van der Waals surface area (Å²) in [6, 6.07) is 14.3. The molecule has 0 bridgehead atoms. The van der Waals surface area contributed by atoms with Crippen LogP contribution in [0.2, 0.25) is 0 Å². The number of ether oxygens (including phenoxy) is 1. The molecule has 0 saturated carbocycles. The van der Waals surface area contributed by atoms with E-state index in [1.54, 1.807) is 0 Å². The molecule has 7 nitrogen and oxygen atoms in total. The molecule has 1 heterocycles. The van der Waals surface area contributed by atoms with Gasteiger partial charge in [-0.1, -0.05) is 18.2 Å². The molecule has 0 unspecified atom stereocenters. The molecule has 0 spiro atoms. The van der Waals surface area contributed by atoms with Crippen molar-refractivity contribution < 1.29 is 17.5 Å². The lowest BCUT2D eigenvalue weighted by Gasteiger charge is -2.19. The van der Waals surface area contributed by atoms with E-state index in [0.29, 0.717) is 6.54 Å². The van der Waals surface area contributed by atoms with Crippen LogP contribution in [0.3, 0.4) is 0 Å². The molecular weight excluding hydrogens is 383 g/mol. The van der Waals surface area contributed by atoms with Crippen molar-refractivity contribution in [1.29, 1.82) is 0 Å². The van der Waals surface area contributed by atoms with Gasteiger partial charge in [-0.3, -0.25) is 4.72 Å². The summed E-state index contributed by atoms with van der Waals surface area (Å²) >= 11 is 0. The van der Waals surface area contributed by atoms with Gasteiger partial charge >= 0.3 is 0 Å². The molecule has 2 aromatic carbocycles. The predicted molar refractivity (Wildman–Crippen MR) is 104 cm³/mol. The zero-order valence-corrected chi connectivity index (χ0v) is 15.9. The summed E-state index contributed by atoms with van der Waals surface area (Å²) < 4.78 is 45.9. The number of aromatic nitrogens is 2. The van der Waals surface area contributed by atoms with Crippen LogP contribution in [0.15, 0.2) is 71.9 Å². The normalized spacial score (nSPS) is 11.1. The third kappa shape index (κ3) is 4.95. The Kier molecular flexibility index (Phi) is 6.05. The molecule has 0 fully saturated rings. The summed E-state index contributed by atoms with van der Waals surface area (Å²) in [5, 5.41) is 0. The van der Waals surface area contributed by atoms with Crippen molar-refractivity contribution in [2.45, 2.75) is 4.90 Å². The van der Waals surface area contributed by atoms with Gasteiger partial charge in [0.25, 0.3) is 15.9 Å². The lowest BCUT2D eigenvalue weighted by molar-refractivity contribution is 0.314. The van der Waals surface area contributed by atoms with Gasteiger partial charge in [-0.25, -0.2) is 22.8 Å². The molecule has 0 aliphatic carbocycles. The first-order chi connectivity index (χ1) is 13.5. The molecular formula is C19H19FN4O3S. The summed E-state index contributed by atoms with van der Waals surface area (Å²) in [7, 11) is -2.02. The van der Waals surface area contributed by atoms with E-state index in [0.717, 1.165) is 17.8 Å². The Morgan fingerprint density at radius 3 is 2.43 bits per heavy atom. The molecule has 9 heteroatoms. The van der Waals surface area contributed by atoms with Crippen molar-refractivity contribution >= 4 is 21.5 Å². The van der Waals surface area contributed by atoms with Crippen LogP contribution in [-0.4, -0.2) is 38.6 Å². The highest BCUT2D eigenvalue weighted by Gasteiger charge is 2.18. The second-order valence-electron chi connectivity index (χ2n) is 5.88. The third-order valence-corrected chi connectivity index (χ3v) is 5.24. The van der Waals surface area contributed by atoms with Gasteiger partial charge in [0.2, 0.25) is 5.82 Å². The topological polar surface area (TPSA) is 84.4 Å². The van der Waals surface area contributed by atoms with E-state index < -0.39 is 15.8 Å². The molecule has 3 aromatic rings. The van der Waals surface area contributed by atoms with Crippen LogP contribution in [0.1, 0.15) is 0 Å². The Labute approximate surface area is 162 Å². The number of rotatable bonds is 8. The lowest BCUT2D eigenvalue weighted by Crippen LogP contribution is -2.24. The fourth-order valence-corrected chi connectivity index (χ4v) is 3.40. The van der Waals surface area contributed by atoms with E-state index in [4.69, 9.17) is 4.74 Å². The first kappa shape index (κ1) is 19.6. The predicted octanol–water partition coefficient (Wildman–Crippen LogP) is 2.93. The van der Waals surface area contributed by atoms with Crippen LogP contribution in [0, 0.1) is 5.82 Å². The second-order valence-corrected chi connectivity index (χ2v) is 7.56. The molecule has 3 rings (SSSR count). The Morgan fingerprint density at radius 1 is 1.04 bits per heavy atom. The molecule has 0 atom stereocenters. The SMILES string of the molecule is CN(CCOc1nccnc1NS(=O)(=O)c1ccc(F)cc1)c1ccccc1. The molecule has 1 N–H and O–H groups in total. The Balaban J connectivity index is 1.67. The number of hydrogen-bond donors (Lipinski definition) is 1. The monoisotopic (exact) mass is 402 g/mol. The highest BCUT2D eigenvalue weighted by molar-refractivity contribution is 7.92. The number of para-hydroxylation sites is 1.